The second-order valence-corrected chi connectivity index (χ2v) is 8.05. The van der Waals surface area contributed by atoms with Gasteiger partial charge >= 0.3 is 0 Å². The van der Waals surface area contributed by atoms with Crippen LogP contribution in [0.15, 0.2) is 12.1 Å². The van der Waals surface area contributed by atoms with Crippen molar-refractivity contribution in [3.05, 3.63) is 45.5 Å². The van der Waals surface area contributed by atoms with Crippen LogP contribution in [0, 0.1) is 41.5 Å². The molecule has 4 nitrogen and oxygen atoms in total. The molecule has 0 spiro atoms. The predicted octanol–water partition coefficient (Wildman–Crippen LogP) is 6.36. The van der Waals surface area contributed by atoms with Crippen LogP contribution in [-0.2, 0) is 0 Å². The van der Waals surface area contributed by atoms with E-state index in [1.54, 1.807) is 0 Å². The zero-order chi connectivity index (χ0) is 21.6. The number of hydrogen-bond donors (Lipinski definition) is 2. The van der Waals surface area contributed by atoms with E-state index in [4.69, 9.17) is 9.47 Å². The first-order valence-corrected chi connectivity index (χ1v) is 10.6. The monoisotopic (exact) mass is 400 g/mol. The van der Waals surface area contributed by atoms with Gasteiger partial charge in [-0.05, 0) is 99.9 Å². The molecule has 2 aromatic carbocycles. The van der Waals surface area contributed by atoms with E-state index in [0.717, 1.165) is 77.0 Å². The number of rotatable bonds is 10. The first-order chi connectivity index (χ1) is 13.7. The van der Waals surface area contributed by atoms with Crippen LogP contribution in [0.4, 0.5) is 0 Å². The average Bonchev–Trinajstić information content (AvgIpc) is 2.70. The minimum atomic E-state index is 0.366. The summed E-state index contributed by atoms with van der Waals surface area (Å²) in [6.45, 7) is 13.0. The van der Waals surface area contributed by atoms with Crippen molar-refractivity contribution in [2.24, 2.45) is 0 Å². The Morgan fingerprint density at radius 3 is 1.28 bits per heavy atom. The fraction of sp³-hybridized carbons (Fsp3) is 0.520. The van der Waals surface area contributed by atoms with E-state index in [-0.39, 0.29) is 0 Å². The second-order valence-electron chi connectivity index (χ2n) is 8.05. The minimum absolute atomic E-state index is 0.366. The molecule has 0 aliphatic carbocycles. The van der Waals surface area contributed by atoms with Gasteiger partial charge in [-0.3, -0.25) is 0 Å². The van der Waals surface area contributed by atoms with Crippen LogP contribution < -0.4 is 9.47 Å². The van der Waals surface area contributed by atoms with Crippen molar-refractivity contribution in [1.29, 1.82) is 0 Å². The molecule has 0 fully saturated rings. The van der Waals surface area contributed by atoms with Crippen molar-refractivity contribution >= 4 is 0 Å². The van der Waals surface area contributed by atoms with Gasteiger partial charge in [0.1, 0.15) is 23.0 Å². The quantitative estimate of drug-likeness (QED) is 0.456. The molecule has 160 valence electrons. The number of phenols is 2. The number of aromatic hydroxyl groups is 2. The minimum Gasteiger partial charge on any atom is -0.507 e. The van der Waals surface area contributed by atoms with E-state index in [1.165, 1.54) is 0 Å². The molecule has 29 heavy (non-hydrogen) atoms. The molecule has 0 unspecified atom stereocenters. The third kappa shape index (κ3) is 5.81. The normalized spacial score (nSPS) is 11.0. The Morgan fingerprint density at radius 1 is 0.552 bits per heavy atom. The Labute approximate surface area is 175 Å². The predicted molar refractivity (Wildman–Crippen MR) is 119 cm³/mol. The highest BCUT2D eigenvalue weighted by atomic mass is 16.5. The van der Waals surface area contributed by atoms with Crippen LogP contribution >= 0.6 is 0 Å². The molecule has 0 radical (unpaired) electrons. The maximum Gasteiger partial charge on any atom is 0.122 e. The van der Waals surface area contributed by atoms with Crippen molar-refractivity contribution in [2.45, 2.75) is 73.6 Å². The van der Waals surface area contributed by atoms with Crippen LogP contribution in [0.25, 0.3) is 0 Å². The first kappa shape index (κ1) is 22.9. The van der Waals surface area contributed by atoms with Gasteiger partial charge in [-0.1, -0.05) is 19.3 Å². The van der Waals surface area contributed by atoms with Crippen LogP contribution in [0.3, 0.4) is 0 Å². The zero-order valence-electron chi connectivity index (χ0n) is 18.8. The second kappa shape index (κ2) is 10.4. The smallest absolute Gasteiger partial charge is 0.122 e. The van der Waals surface area contributed by atoms with Gasteiger partial charge in [0.25, 0.3) is 0 Å². The fourth-order valence-electron chi connectivity index (χ4n) is 3.46. The maximum atomic E-state index is 9.97. The lowest BCUT2D eigenvalue weighted by Gasteiger charge is -2.14. The van der Waals surface area contributed by atoms with E-state index in [9.17, 15) is 10.2 Å². The van der Waals surface area contributed by atoms with E-state index in [0.29, 0.717) is 24.7 Å². The summed E-state index contributed by atoms with van der Waals surface area (Å²) in [6.07, 6.45) is 5.46. The summed E-state index contributed by atoms with van der Waals surface area (Å²) in [5, 5.41) is 19.9. The van der Waals surface area contributed by atoms with Gasteiger partial charge in [0, 0.05) is 0 Å². The molecule has 0 saturated heterocycles. The summed E-state index contributed by atoms with van der Waals surface area (Å²) < 4.78 is 11.9. The maximum absolute atomic E-state index is 9.97. The molecule has 4 heteroatoms. The number of phenolic OH excluding ortho intramolecular Hbond substituents is 2. The van der Waals surface area contributed by atoms with Crippen molar-refractivity contribution in [3.8, 4) is 23.0 Å². The highest BCUT2D eigenvalue weighted by molar-refractivity contribution is 5.52. The molecule has 0 aliphatic heterocycles. The molecule has 2 rings (SSSR count). The van der Waals surface area contributed by atoms with Crippen molar-refractivity contribution in [3.63, 3.8) is 0 Å². The Kier molecular flexibility index (Phi) is 8.24. The van der Waals surface area contributed by atoms with Crippen LogP contribution in [-0.4, -0.2) is 23.4 Å². The van der Waals surface area contributed by atoms with Gasteiger partial charge in [0.15, 0.2) is 0 Å². The van der Waals surface area contributed by atoms with Crippen LogP contribution in [0.1, 0.15) is 65.5 Å². The Bertz CT molecular complexity index is 770. The topological polar surface area (TPSA) is 58.9 Å². The van der Waals surface area contributed by atoms with Gasteiger partial charge in [-0.2, -0.15) is 0 Å². The number of aryl methyl sites for hydroxylation is 2. The Hall–Kier alpha value is -2.36. The number of hydrogen-bond acceptors (Lipinski definition) is 4. The number of benzene rings is 2. The molecular weight excluding hydrogens is 364 g/mol. The van der Waals surface area contributed by atoms with Gasteiger partial charge in [0.2, 0.25) is 0 Å². The number of ether oxygens (including phenoxy) is 2. The first-order valence-electron chi connectivity index (χ1n) is 10.6. The fourth-order valence-corrected chi connectivity index (χ4v) is 3.46. The summed E-state index contributed by atoms with van der Waals surface area (Å²) in [5.41, 5.74) is 5.54. The standard InChI is InChI=1S/C25H36O4/c1-16-14-22(18(3)20(5)24(16)26)28-12-10-8-7-9-11-13-29-23-15-17(2)25(27)21(6)19(23)4/h14-15,26-27H,7-13H2,1-6H3. The van der Waals surface area contributed by atoms with Gasteiger partial charge in [-0.15, -0.1) is 0 Å². The molecule has 2 aromatic rings. The van der Waals surface area contributed by atoms with Crippen LogP contribution in [0.2, 0.25) is 0 Å². The van der Waals surface area contributed by atoms with Crippen LogP contribution in [0.5, 0.6) is 23.0 Å². The molecule has 0 aliphatic rings. The Morgan fingerprint density at radius 2 is 0.897 bits per heavy atom. The molecule has 0 amide bonds. The zero-order valence-corrected chi connectivity index (χ0v) is 18.8. The van der Waals surface area contributed by atoms with E-state index >= 15 is 0 Å². The Balaban J connectivity index is 1.63. The molecule has 0 heterocycles. The number of unbranched alkanes of at least 4 members (excludes halogenated alkanes) is 4. The van der Waals surface area contributed by atoms with Crippen molar-refractivity contribution < 1.29 is 19.7 Å². The van der Waals surface area contributed by atoms with Gasteiger partial charge in [-0.25, -0.2) is 0 Å². The third-order valence-corrected chi connectivity index (χ3v) is 5.82. The average molecular weight is 401 g/mol. The lowest BCUT2D eigenvalue weighted by molar-refractivity contribution is 0.290. The van der Waals surface area contributed by atoms with E-state index in [1.807, 2.05) is 53.7 Å². The van der Waals surface area contributed by atoms with Gasteiger partial charge < -0.3 is 19.7 Å². The summed E-state index contributed by atoms with van der Waals surface area (Å²) in [4.78, 5) is 0. The molecule has 0 atom stereocenters. The lowest BCUT2D eigenvalue weighted by Crippen LogP contribution is -2.02. The molecule has 2 N–H and O–H groups in total. The molecular formula is C25H36O4. The van der Waals surface area contributed by atoms with Crippen molar-refractivity contribution in [1.82, 2.24) is 0 Å². The summed E-state index contributed by atoms with van der Waals surface area (Å²) >= 11 is 0. The molecule has 0 aromatic heterocycles. The molecule has 0 bridgehead atoms. The SMILES string of the molecule is Cc1cc(OCCCCCCCOc2cc(C)c(O)c(C)c2C)c(C)c(C)c1O. The summed E-state index contributed by atoms with van der Waals surface area (Å²) in [6, 6.07) is 3.84. The van der Waals surface area contributed by atoms with Crippen molar-refractivity contribution in [2.75, 3.05) is 13.2 Å². The largest absolute Gasteiger partial charge is 0.507 e. The molecule has 0 saturated carbocycles. The highest BCUT2D eigenvalue weighted by Gasteiger charge is 2.11. The lowest BCUT2D eigenvalue weighted by atomic mass is 10.0. The summed E-state index contributed by atoms with van der Waals surface area (Å²) in [7, 11) is 0. The highest BCUT2D eigenvalue weighted by Crippen LogP contribution is 2.33. The van der Waals surface area contributed by atoms with E-state index in [2.05, 4.69) is 0 Å². The van der Waals surface area contributed by atoms with Gasteiger partial charge in [0.05, 0.1) is 13.2 Å². The third-order valence-electron chi connectivity index (χ3n) is 5.82. The summed E-state index contributed by atoms with van der Waals surface area (Å²) in [5.74, 6) is 2.48. The van der Waals surface area contributed by atoms with E-state index < -0.39 is 0 Å².